The number of carbonyl (C=O) groups excluding carboxylic acids is 1. The minimum absolute atomic E-state index is 0.0648. The minimum atomic E-state index is -3.26. The summed E-state index contributed by atoms with van der Waals surface area (Å²) in [7, 11) is 0.687. The highest BCUT2D eigenvalue weighted by molar-refractivity contribution is 7.90. The van der Waals surface area contributed by atoms with Crippen LogP contribution in [0.2, 0.25) is 0 Å². The lowest BCUT2D eigenvalue weighted by Gasteiger charge is -2.20. The molecule has 1 aromatic rings. The van der Waals surface area contributed by atoms with Gasteiger partial charge in [-0.3, -0.25) is 4.79 Å². The van der Waals surface area contributed by atoms with E-state index in [0.29, 0.717) is 18.7 Å². The number of nitrogens with zero attached hydrogens (tertiary/aromatic N) is 2. The Hall–Kier alpha value is -1.44. The summed E-state index contributed by atoms with van der Waals surface area (Å²) in [6.07, 6.45) is 1.14. The average Bonchev–Trinajstić information content (AvgIpc) is 2.88. The Morgan fingerprint density at radius 1 is 1.22 bits per heavy atom. The van der Waals surface area contributed by atoms with Crippen LogP contribution in [-0.4, -0.2) is 75.8 Å². The van der Waals surface area contributed by atoms with Gasteiger partial charge >= 0.3 is 0 Å². The molecule has 1 aromatic carbocycles. The molecule has 1 N–H and O–H groups in total. The highest BCUT2D eigenvalue weighted by Gasteiger charge is 2.35. The monoisotopic (exact) mass is 340 g/mol. The molecule has 0 bridgehead atoms. The quantitative estimate of drug-likeness (QED) is 0.836. The van der Waals surface area contributed by atoms with Crippen molar-refractivity contribution in [2.45, 2.75) is 4.90 Å². The fraction of sp³-hybridized carbons (Fsp3) is 0.562. The summed E-state index contributed by atoms with van der Waals surface area (Å²) in [6, 6.07) is 6.01. The molecule has 1 saturated heterocycles. The Bertz CT molecular complexity index is 655. The molecule has 6 nitrogen and oxygen atoms in total. The highest BCUT2D eigenvalue weighted by Crippen LogP contribution is 2.25. The third kappa shape index (κ3) is 4.31. The van der Waals surface area contributed by atoms with Crippen LogP contribution in [0.3, 0.4) is 0 Å². The highest BCUT2D eigenvalue weighted by atomic mass is 32.2. The van der Waals surface area contributed by atoms with Gasteiger partial charge in [0, 0.05) is 44.0 Å². The van der Waals surface area contributed by atoms with Gasteiger partial charge in [-0.25, -0.2) is 8.42 Å². The normalized spacial score (nSPS) is 21.9. The first-order valence-corrected chi connectivity index (χ1v) is 9.46. The number of amides is 1. The van der Waals surface area contributed by atoms with Crippen molar-refractivity contribution in [3.8, 4) is 0 Å². The fourth-order valence-electron chi connectivity index (χ4n) is 3.01. The summed E-state index contributed by atoms with van der Waals surface area (Å²) in [6.45, 7) is 2.02. The third-order valence-electron chi connectivity index (χ3n) is 4.23. The molecule has 1 aliphatic rings. The molecule has 0 aromatic heterocycles. The van der Waals surface area contributed by atoms with E-state index in [-0.39, 0.29) is 29.2 Å². The summed E-state index contributed by atoms with van der Waals surface area (Å²) in [5, 5.41) is 9.52. The van der Waals surface area contributed by atoms with Crippen LogP contribution in [0.1, 0.15) is 10.4 Å². The molecule has 1 aliphatic heterocycles. The molecule has 1 heterocycles. The maximum atomic E-state index is 12.6. The zero-order valence-corrected chi connectivity index (χ0v) is 14.6. The molecule has 128 valence electrons. The Labute approximate surface area is 137 Å². The lowest BCUT2D eigenvalue weighted by atomic mass is 9.97. The molecule has 1 amide bonds. The predicted octanol–water partition coefficient (Wildman–Crippen LogP) is 0.332. The molecule has 1 fully saturated rings. The molecule has 0 radical (unpaired) electrons. The topological polar surface area (TPSA) is 77.9 Å². The van der Waals surface area contributed by atoms with Crippen LogP contribution in [-0.2, 0) is 9.84 Å². The number of hydrogen-bond acceptors (Lipinski definition) is 5. The second kappa shape index (κ2) is 6.98. The van der Waals surface area contributed by atoms with Crippen molar-refractivity contribution in [2.24, 2.45) is 11.8 Å². The van der Waals surface area contributed by atoms with E-state index in [1.165, 1.54) is 12.1 Å². The van der Waals surface area contributed by atoms with Gasteiger partial charge < -0.3 is 14.9 Å². The standard InChI is InChI=1S/C16H24N2O4S/c1-17(2)8-13-9-18(10-14(13)11-19)16(20)12-4-6-15(7-5-12)23(3,21)22/h4-7,13-14,19H,8-11H2,1-3H3/t13-,14-/m1/s1. The first kappa shape index (κ1) is 17.9. The number of likely N-dealkylation sites (tertiary alicyclic amines) is 1. The van der Waals surface area contributed by atoms with Crippen molar-refractivity contribution < 1.29 is 18.3 Å². The lowest BCUT2D eigenvalue weighted by Crippen LogP contribution is -2.30. The zero-order chi connectivity index (χ0) is 17.2. The van der Waals surface area contributed by atoms with Crippen LogP contribution in [0, 0.1) is 11.8 Å². The number of aliphatic hydroxyl groups excluding tert-OH is 1. The van der Waals surface area contributed by atoms with Crippen LogP contribution in [0.25, 0.3) is 0 Å². The number of sulfone groups is 1. The van der Waals surface area contributed by atoms with Gasteiger partial charge in [-0.2, -0.15) is 0 Å². The number of aliphatic hydroxyl groups is 1. The van der Waals surface area contributed by atoms with Crippen molar-refractivity contribution in [1.82, 2.24) is 9.80 Å². The smallest absolute Gasteiger partial charge is 0.253 e. The Morgan fingerprint density at radius 3 is 2.26 bits per heavy atom. The van der Waals surface area contributed by atoms with E-state index in [1.807, 2.05) is 14.1 Å². The van der Waals surface area contributed by atoms with Gasteiger partial charge in [0.15, 0.2) is 9.84 Å². The SMILES string of the molecule is CN(C)C[C@@H]1CN(C(=O)c2ccc(S(C)(=O)=O)cc2)C[C@@H]1CO. The van der Waals surface area contributed by atoms with E-state index in [2.05, 4.69) is 4.90 Å². The van der Waals surface area contributed by atoms with Gasteiger partial charge in [0.25, 0.3) is 5.91 Å². The molecule has 0 aliphatic carbocycles. The zero-order valence-electron chi connectivity index (χ0n) is 13.8. The van der Waals surface area contributed by atoms with Crippen molar-refractivity contribution in [3.05, 3.63) is 29.8 Å². The van der Waals surface area contributed by atoms with E-state index >= 15 is 0 Å². The largest absolute Gasteiger partial charge is 0.396 e. The van der Waals surface area contributed by atoms with Gasteiger partial charge in [-0.05, 0) is 44.3 Å². The van der Waals surface area contributed by atoms with Gasteiger partial charge in [0.2, 0.25) is 0 Å². The fourth-order valence-corrected chi connectivity index (χ4v) is 3.65. The summed E-state index contributed by atoms with van der Waals surface area (Å²) in [4.78, 5) is 16.6. The van der Waals surface area contributed by atoms with Crippen LogP contribution in [0.4, 0.5) is 0 Å². The first-order valence-electron chi connectivity index (χ1n) is 7.57. The van der Waals surface area contributed by atoms with Crippen LogP contribution in [0.5, 0.6) is 0 Å². The maximum absolute atomic E-state index is 12.6. The van der Waals surface area contributed by atoms with E-state index < -0.39 is 9.84 Å². The lowest BCUT2D eigenvalue weighted by molar-refractivity contribution is 0.0779. The first-order chi connectivity index (χ1) is 10.7. The van der Waals surface area contributed by atoms with E-state index in [9.17, 15) is 18.3 Å². The van der Waals surface area contributed by atoms with Crippen molar-refractivity contribution >= 4 is 15.7 Å². The van der Waals surface area contributed by atoms with Crippen molar-refractivity contribution in [2.75, 3.05) is 46.6 Å². The summed E-state index contributed by atoms with van der Waals surface area (Å²) < 4.78 is 22.9. The average molecular weight is 340 g/mol. The second-order valence-electron chi connectivity index (χ2n) is 6.47. The Kier molecular flexibility index (Phi) is 5.44. The molecule has 2 rings (SSSR count). The maximum Gasteiger partial charge on any atom is 0.253 e. The minimum Gasteiger partial charge on any atom is -0.396 e. The van der Waals surface area contributed by atoms with E-state index in [1.54, 1.807) is 17.0 Å². The van der Waals surface area contributed by atoms with Gasteiger partial charge in [0.05, 0.1) is 4.90 Å². The van der Waals surface area contributed by atoms with Crippen LogP contribution >= 0.6 is 0 Å². The number of benzene rings is 1. The van der Waals surface area contributed by atoms with Gasteiger partial charge in [-0.15, -0.1) is 0 Å². The van der Waals surface area contributed by atoms with E-state index in [4.69, 9.17) is 0 Å². The molecule has 2 atom stereocenters. The second-order valence-corrected chi connectivity index (χ2v) is 8.49. The molecule has 0 unspecified atom stereocenters. The third-order valence-corrected chi connectivity index (χ3v) is 5.36. The number of rotatable bonds is 5. The van der Waals surface area contributed by atoms with Gasteiger partial charge in [-0.1, -0.05) is 0 Å². The van der Waals surface area contributed by atoms with Gasteiger partial charge in [0.1, 0.15) is 0 Å². The number of hydrogen-bond donors (Lipinski definition) is 1. The molecule has 0 saturated carbocycles. The Balaban J connectivity index is 2.11. The van der Waals surface area contributed by atoms with Crippen LogP contribution in [0.15, 0.2) is 29.2 Å². The summed E-state index contributed by atoms with van der Waals surface area (Å²) in [5.74, 6) is 0.204. The molecule has 7 heteroatoms. The van der Waals surface area contributed by atoms with Crippen molar-refractivity contribution in [3.63, 3.8) is 0 Å². The summed E-state index contributed by atoms with van der Waals surface area (Å²) >= 11 is 0. The predicted molar refractivity (Wildman–Crippen MR) is 88.1 cm³/mol. The number of carbonyl (C=O) groups is 1. The van der Waals surface area contributed by atoms with E-state index in [0.717, 1.165) is 12.8 Å². The molecular formula is C16H24N2O4S. The summed E-state index contributed by atoms with van der Waals surface area (Å²) in [5.41, 5.74) is 0.472. The van der Waals surface area contributed by atoms with Crippen molar-refractivity contribution in [1.29, 1.82) is 0 Å². The molecule has 0 spiro atoms. The molecular weight excluding hydrogens is 316 g/mol. The van der Waals surface area contributed by atoms with Crippen LogP contribution < -0.4 is 0 Å². The Morgan fingerprint density at radius 2 is 1.78 bits per heavy atom. The molecule has 23 heavy (non-hydrogen) atoms.